The molecule has 2 aromatic heterocycles. The van der Waals surface area contributed by atoms with Crippen LogP contribution < -0.4 is 20.3 Å². The van der Waals surface area contributed by atoms with Crippen LogP contribution in [0, 0.1) is 0 Å². The van der Waals surface area contributed by atoms with Gasteiger partial charge in [0.15, 0.2) is 5.16 Å². The van der Waals surface area contributed by atoms with Gasteiger partial charge >= 0.3 is 0 Å². The topological polar surface area (TPSA) is 100 Å². The van der Waals surface area contributed by atoms with Gasteiger partial charge in [-0.25, -0.2) is 9.97 Å². The van der Waals surface area contributed by atoms with Gasteiger partial charge in [-0.1, -0.05) is 11.8 Å². The first-order chi connectivity index (χ1) is 14.5. The van der Waals surface area contributed by atoms with Crippen molar-refractivity contribution in [2.75, 3.05) is 20.0 Å². The number of aromatic nitrogens is 4. The molecule has 156 valence electrons. The normalized spacial score (nSPS) is 13.6. The van der Waals surface area contributed by atoms with E-state index in [0.717, 1.165) is 5.75 Å². The molecular formula is C20H21N5O4S. The average Bonchev–Trinajstić information content (AvgIpc) is 3.41. The van der Waals surface area contributed by atoms with Gasteiger partial charge in [0.1, 0.15) is 28.9 Å². The number of benzene rings is 1. The number of aryl methyl sites for hydroxylation is 1. The fourth-order valence-electron chi connectivity index (χ4n) is 3.33. The molecule has 1 amide bonds. The van der Waals surface area contributed by atoms with E-state index in [1.807, 2.05) is 7.05 Å². The second-order valence-corrected chi connectivity index (χ2v) is 7.77. The van der Waals surface area contributed by atoms with Gasteiger partial charge in [0.25, 0.3) is 11.5 Å². The Morgan fingerprint density at radius 1 is 1.20 bits per heavy atom. The van der Waals surface area contributed by atoms with E-state index in [-0.39, 0.29) is 11.1 Å². The number of hydrogen-bond acceptors (Lipinski definition) is 7. The Kier molecular flexibility index (Phi) is 5.49. The lowest BCUT2D eigenvalue weighted by Crippen LogP contribution is -2.36. The zero-order chi connectivity index (χ0) is 21.3. The minimum atomic E-state index is -0.631. The Morgan fingerprint density at radius 3 is 2.57 bits per heavy atom. The summed E-state index contributed by atoms with van der Waals surface area (Å²) in [6.45, 7) is 0.544. The number of ether oxygens (including phenoxy) is 2. The molecule has 1 atom stereocenters. The van der Waals surface area contributed by atoms with Crippen molar-refractivity contribution in [1.82, 2.24) is 24.4 Å². The molecule has 0 bridgehead atoms. The van der Waals surface area contributed by atoms with Crippen molar-refractivity contribution in [3.05, 3.63) is 64.1 Å². The van der Waals surface area contributed by atoms with E-state index in [2.05, 4.69) is 15.3 Å². The van der Waals surface area contributed by atoms with Gasteiger partial charge in [0, 0.05) is 44.0 Å². The molecule has 0 aliphatic carbocycles. The zero-order valence-corrected chi connectivity index (χ0v) is 17.6. The van der Waals surface area contributed by atoms with Crippen LogP contribution in [0.5, 0.6) is 11.5 Å². The summed E-state index contributed by atoms with van der Waals surface area (Å²) in [5, 5.41) is 3.57. The lowest BCUT2D eigenvalue weighted by molar-refractivity contribution is 0.0938. The second kappa shape index (κ2) is 8.23. The number of carbonyl (C=O) groups excluding carboxylic acids is 1. The quantitative estimate of drug-likeness (QED) is 0.597. The van der Waals surface area contributed by atoms with Crippen LogP contribution in [0.15, 0.2) is 46.7 Å². The third kappa shape index (κ3) is 3.65. The molecule has 10 heteroatoms. The summed E-state index contributed by atoms with van der Waals surface area (Å²) in [5.74, 6) is 2.01. The van der Waals surface area contributed by atoms with Crippen LogP contribution in [-0.2, 0) is 13.6 Å². The van der Waals surface area contributed by atoms with E-state index < -0.39 is 11.9 Å². The summed E-state index contributed by atoms with van der Waals surface area (Å²) in [7, 11) is 4.95. The Morgan fingerprint density at radius 2 is 1.93 bits per heavy atom. The monoisotopic (exact) mass is 427 g/mol. The highest BCUT2D eigenvalue weighted by molar-refractivity contribution is 7.99. The van der Waals surface area contributed by atoms with Crippen LogP contribution in [-0.4, -0.2) is 45.0 Å². The number of rotatable bonds is 6. The predicted octanol–water partition coefficient (Wildman–Crippen LogP) is 1.62. The maximum Gasteiger partial charge on any atom is 0.267 e. The fourth-order valence-corrected chi connectivity index (χ4v) is 4.24. The standard InChI is InChI=1S/C20H21N5O4S/c1-24-5-4-21-17(24)16(12-8-13(28-2)10-14(9-12)29-3)23-18(26)15-11-22-20-25(19(15)27)6-7-30-20/h4-5,8-11,16H,6-7H2,1-3H3,(H,23,26). The SMILES string of the molecule is COc1cc(OC)cc(C(NC(=O)c2cnc3n(c2=O)CCS3)c2nccn2C)c1. The molecule has 0 spiro atoms. The molecule has 1 aromatic carbocycles. The molecule has 0 saturated heterocycles. The van der Waals surface area contributed by atoms with Crippen LogP contribution in [0.4, 0.5) is 0 Å². The number of hydrogen-bond donors (Lipinski definition) is 1. The first-order valence-corrected chi connectivity index (χ1v) is 10.2. The summed E-state index contributed by atoms with van der Waals surface area (Å²) in [5.41, 5.74) is 0.360. The van der Waals surface area contributed by atoms with Gasteiger partial charge in [0.05, 0.1) is 14.2 Å². The molecule has 3 heterocycles. The third-order valence-electron chi connectivity index (χ3n) is 4.90. The number of carbonyl (C=O) groups is 1. The van der Waals surface area contributed by atoms with Crippen molar-refractivity contribution in [3.8, 4) is 11.5 Å². The largest absolute Gasteiger partial charge is 0.497 e. The molecule has 1 unspecified atom stereocenters. The predicted molar refractivity (Wildman–Crippen MR) is 111 cm³/mol. The Balaban J connectivity index is 1.75. The van der Waals surface area contributed by atoms with Crippen LogP contribution in [0.25, 0.3) is 0 Å². The average molecular weight is 427 g/mol. The van der Waals surface area contributed by atoms with Crippen molar-refractivity contribution >= 4 is 17.7 Å². The molecule has 0 fully saturated rings. The Bertz CT molecular complexity index is 1130. The zero-order valence-electron chi connectivity index (χ0n) is 16.8. The number of nitrogens with one attached hydrogen (secondary N) is 1. The summed E-state index contributed by atoms with van der Waals surface area (Å²) in [6.07, 6.45) is 4.77. The fraction of sp³-hybridized carbons (Fsp3) is 0.300. The molecular weight excluding hydrogens is 406 g/mol. The van der Waals surface area contributed by atoms with Gasteiger partial charge in [-0.05, 0) is 17.7 Å². The molecule has 1 aliphatic heterocycles. The lowest BCUT2D eigenvalue weighted by Gasteiger charge is -2.20. The molecule has 3 aromatic rings. The summed E-state index contributed by atoms with van der Waals surface area (Å²) < 4.78 is 14.1. The van der Waals surface area contributed by atoms with E-state index in [4.69, 9.17) is 9.47 Å². The first-order valence-electron chi connectivity index (χ1n) is 9.25. The molecule has 4 rings (SSSR count). The van der Waals surface area contributed by atoms with E-state index >= 15 is 0 Å². The van der Waals surface area contributed by atoms with Crippen molar-refractivity contribution in [3.63, 3.8) is 0 Å². The van der Waals surface area contributed by atoms with Crippen LogP contribution >= 0.6 is 11.8 Å². The van der Waals surface area contributed by atoms with Gasteiger partial charge in [-0.3, -0.25) is 14.2 Å². The van der Waals surface area contributed by atoms with Crippen molar-refractivity contribution in [2.45, 2.75) is 17.7 Å². The summed E-state index contributed by atoms with van der Waals surface area (Å²) >= 11 is 1.50. The first kappa shape index (κ1) is 20.0. The van der Waals surface area contributed by atoms with Crippen molar-refractivity contribution in [1.29, 1.82) is 0 Å². The molecule has 30 heavy (non-hydrogen) atoms. The highest BCUT2D eigenvalue weighted by Crippen LogP contribution is 2.29. The Labute approximate surface area is 177 Å². The highest BCUT2D eigenvalue weighted by Gasteiger charge is 2.26. The van der Waals surface area contributed by atoms with E-state index in [9.17, 15) is 9.59 Å². The van der Waals surface area contributed by atoms with Gasteiger partial charge in [0.2, 0.25) is 0 Å². The smallest absolute Gasteiger partial charge is 0.267 e. The van der Waals surface area contributed by atoms with Crippen LogP contribution in [0.1, 0.15) is 27.8 Å². The van der Waals surface area contributed by atoms with Crippen molar-refractivity contribution in [2.24, 2.45) is 7.05 Å². The molecule has 1 N–H and O–H groups in total. The number of methoxy groups -OCH3 is 2. The number of amides is 1. The summed E-state index contributed by atoms with van der Waals surface area (Å²) in [6, 6.07) is 4.71. The minimum Gasteiger partial charge on any atom is -0.497 e. The van der Waals surface area contributed by atoms with Gasteiger partial charge < -0.3 is 19.4 Å². The summed E-state index contributed by atoms with van der Waals surface area (Å²) in [4.78, 5) is 34.5. The third-order valence-corrected chi connectivity index (χ3v) is 5.87. The minimum absolute atomic E-state index is 0.00433. The highest BCUT2D eigenvalue weighted by atomic mass is 32.2. The second-order valence-electron chi connectivity index (χ2n) is 6.71. The lowest BCUT2D eigenvalue weighted by atomic mass is 10.0. The molecule has 0 radical (unpaired) electrons. The molecule has 9 nitrogen and oxygen atoms in total. The maximum atomic E-state index is 13.1. The van der Waals surface area contributed by atoms with E-state index in [1.165, 1.54) is 22.5 Å². The molecule has 1 aliphatic rings. The number of imidazole rings is 1. The van der Waals surface area contributed by atoms with Gasteiger partial charge in [-0.2, -0.15) is 0 Å². The van der Waals surface area contributed by atoms with Crippen LogP contribution in [0.3, 0.4) is 0 Å². The number of thioether (sulfide) groups is 1. The van der Waals surface area contributed by atoms with Crippen LogP contribution in [0.2, 0.25) is 0 Å². The molecule has 0 saturated carbocycles. The van der Waals surface area contributed by atoms with E-state index in [0.29, 0.717) is 34.6 Å². The number of nitrogens with zero attached hydrogens (tertiary/aromatic N) is 4. The van der Waals surface area contributed by atoms with E-state index in [1.54, 1.807) is 49.4 Å². The maximum absolute atomic E-state index is 13.1. The number of fused-ring (bicyclic) bond motifs is 1. The van der Waals surface area contributed by atoms with Crippen molar-refractivity contribution < 1.29 is 14.3 Å². The van der Waals surface area contributed by atoms with Gasteiger partial charge in [-0.15, -0.1) is 0 Å². The Hall–Kier alpha value is -3.27.